The Bertz CT molecular complexity index is 1030. The first kappa shape index (κ1) is 15.8. The third kappa shape index (κ3) is 3.15. The zero-order valence-corrected chi connectivity index (χ0v) is 15.3. The van der Waals surface area contributed by atoms with Gasteiger partial charge in [0.25, 0.3) is 0 Å². The van der Waals surface area contributed by atoms with Crippen LogP contribution in [0.1, 0.15) is 5.56 Å². The van der Waals surface area contributed by atoms with E-state index in [4.69, 9.17) is 4.74 Å². The van der Waals surface area contributed by atoms with Gasteiger partial charge in [0.15, 0.2) is 0 Å². The maximum atomic E-state index is 5.36. The number of nitrogens with zero attached hydrogens (tertiary/aromatic N) is 3. The quantitative estimate of drug-likeness (QED) is 0.494. The van der Waals surface area contributed by atoms with Gasteiger partial charge in [-0.2, -0.15) is 0 Å². The van der Waals surface area contributed by atoms with E-state index in [-0.39, 0.29) is 0 Å². The molecule has 0 N–H and O–H groups in total. The lowest BCUT2D eigenvalue weighted by Gasteiger charge is -2.07. The van der Waals surface area contributed by atoms with Crippen molar-refractivity contribution in [2.45, 2.75) is 6.54 Å². The van der Waals surface area contributed by atoms with Crippen LogP contribution < -0.4 is 4.74 Å². The summed E-state index contributed by atoms with van der Waals surface area (Å²) < 4.78 is 8.18. The van der Waals surface area contributed by atoms with Crippen molar-refractivity contribution in [1.82, 2.24) is 15.0 Å². The molecule has 4 aromatic rings. The molecule has 0 unspecified atom stereocenters. The Morgan fingerprint density at radius 1 is 1.04 bits per heavy atom. The predicted molar refractivity (Wildman–Crippen MR) is 103 cm³/mol. The zero-order chi connectivity index (χ0) is 17.2. The third-order valence-electron chi connectivity index (χ3n) is 4.16. The van der Waals surface area contributed by atoms with Crippen LogP contribution in [0.15, 0.2) is 71.3 Å². The van der Waals surface area contributed by atoms with Crippen molar-refractivity contribution in [3.05, 3.63) is 76.9 Å². The number of aromatic nitrogens is 3. The Morgan fingerprint density at radius 2 is 1.88 bits per heavy atom. The Hall–Kier alpha value is -2.66. The monoisotopic (exact) mass is 393 g/mol. The van der Waals surface area contributed by atoms with Gasteiger partial charge in [-0.25, -0.2) is 4.68 Å². The third-order valence-corrected chi connectivity index (χ3v) is 4.98. The molecule has 5 heteroatoms. The molecule has 1 heterocycles. The number of hydrogen-bond acceptors (Lipinski definition) is 3. The molecule has 0 aliphatic heterocycles. The number of methoxy groups -OCH3 is 1. The topological polar surface area (TPSA) is 39.9 Å². The van der Waals surface area contributed by atoms with Gasteiger partial charge in [0.2, 0.25) is 0 Å². The van der Waals surface area contributed by atoms with Crippen LogP contribution in [0.4, 0.5) is 0 Å². The van der Waals surface area contributed by atoms with Crippen molar-refractivity contribution in [3.8, 4) is 17.0 Å². The number of hydrogen-bond donors (Lipinski definition) is 0. The second kappa shape index (κ2) is 6.69. The van der Waals surface area contributed by atoms with Gasteiger partial charge in [0, 0.05) is 5.56 Å². The minimum atomic E-state index is 0.712. The highest BCUT2D eigenvalue weighted by molar-refractivity contribution is 9.10. The fourth-order valence-corrected chi connectivity index (χ4v) is 3.52. The molecular formula is C20H16BrN3O. The standard InChI is InChI=1S/C20H16BrN3O/c1-25-19-10-8-15-11-16(7-9-17(15)20(19)21)18-13-24(23-22-18)12-14-5-3-2-4-6-14/h2-11,13H,12H2,1H3. The molecule has 0 fully saturated rings. The van der Waals surface area contributed by atoms with Crippen molar-refractivity contribution in [2.75, 3.05) is 7.11 Å². The smallest absolute Gasteiger partial charge is 0.133 e. The molecule has 0 atom stereocenters. The molecule has 3 aromatic carbocycles. The summed E-state index contributed by atoms with van der Waals surface area (Å²) in [6.45, 7) is 0.712. The van der Waals surface area contributed by atoms with Gasteiger partial charge in [-0.05, 0) is 44.4 Å². The van der Waals surface area contributed by atoms with E-state index < -0.39 is 0 Å². The summed E-state index contributed by atoms with van der Waals surface area (Å²) in [5.41, 5.74) is 3.11. The van der Waals surface area contributed by atoms with E-state index in [0.29, 0.717) is 6.54 Å². The van der Waals surface area contributed by atoms with Crippen LogP contribution >= 0.6 is 15.9 Å². The number of fused-ring (bicyclic) bond motifs is 1. The molecule has 0 saturated heterocycles. The normalized spacial score (nSPS) is 11.0. The van der Waals surface area contributed by atoms with Gasteiger partial charge < -0.3 is 4.74 Å². The van der Waals surface area contributed by atoms with E-state index in [0.717, 1.165) is 32.3 Å². The van der Waals surface area contributed by atoms with E-state index in [2.05, 4.69) is 62.6 Å². The van der Waals surface area contributed by atoms with Gasteiger partial charge in [-0.15, -0.1) is 5.10 Å². The Kier molecular flexibility index (Phi) is 4.24. The van der Waals surface area contributed by atoms with Gasteiger partial charge >= 0.3 is 0 Å². The van der Waals surface area contributed by atoms with Crippen LogP contribution in [0.5, 0.6) is 5.75 Å². The second-order valence-electron chi connectivity index (χ2n) is 5.80. The van der Waals surface area contributed by atoms with Crippen molar-refractivity contribution in [2.24, 2.45) is 0 Å². The van der Waals surface area contributed by atoms with E-state index in [1.54, 1.807) is 7.11 Å². The number of benzene rings is 3. The Balaban J connectivity index is 1.66. The highest BCUT2D eigenvalue weighted by atomic mass is 79.9. The summed E-state index contributed by atoms with van der Waals surface area (Å²) in [5, 5.41) is 10.8. The summed E-state index contributed by atoms with van der Waals surface area (Å²) in [6.07, 6.45) is 1.98. The second-order valence-corrected chi connectivity index (χ2v) is 6.60. The molecule has 25 heavy (non-hydrogen) atoms. The molecule has 4 nitrogen and oxygen atoms in total. The molecule has 124 valence electrons. The largest absolute Gasteiger partial charge is 0.496 e. The molecule has 0 aliphatic carbocycles. The van der Waals surface area contributed by atoms with Crippen molar-refractivity contribution in [3.63, 3.8) is 0 Å². The molecule has 0 aliphatic rings. The average Bonchev–Trinajstić information content (AvgIpc) is 3.11. The van der Waals surface area contributed by atoms with Gasteiger partial charge in [-0.1, -0.05) is 53.7 Å². The lowest BCUT2D eigenvalue weighted by molar-refractivity contribution is 0.413. The van der Waals surface area contributed by atoms with Crippen molar-refractivity contribution >= 4 is 26.7 Å². The van der Waals surface area contributed by atoms with Crippen LogP contribution in [-0.4, -0.2) is 22.1 Å². The molecule has 0 radical (unpaired) electrons. The molecule has 0 spiro atoms. The van der Waals surface area contributed by atoms with E-state index in [9.17, 15) is 0 Å². The fourth-order valence-electron chi connectivity index (χ4n) is 2.87. The maximum Gasteiger partial charge on any atom is 0.133 e. The molecule has 1 aromatic heterocycles. The van der Waals surface area contributed by atoms with Crippen LogP contribution in [-0.2, 0) is 6.54 Å². The van der Waals surface area contributed by atoms with Gasteiger partial charge in [-0.3, -0.25) is 0 Å². The van der Waals surface area contributed by atoms with Crippen molar-refractivity contribution < 1.29 is 4.74 Å². The van der Waals surface area contributed by atoms with E-state index in [1.807, 2.05) is 35.1 Å². The Labute approximate surface area is 154 Å². The summed E-state index contributed by atoms with van der Waals surface area (Å²) in [7, 11) is 1.67. The minimum absolute atomic E-state index is 0.712. The summed E-state index contributed by atoms with van der Waals surface area (Å²) in [5.74, 6) is 0.828. The van der Waals surface area contributed by atoms with Gasteiger partial charge in [0.1, 0.15) is 11.4 Å². The first-order chi connectivity index (χ1) is 12.2. The molecule has 0 saturated carbocycles. The number of halogens is 1. The minimum Gasteiger partial charge on any atom is -0.496 e. The summed E-state index contributed by atoms with van der Waals surface area (Å²) >= 11 is 3.61. The van der Waals surface area contributed by atoms with Crippen LogP contribution in [0.2, 0.25) is 0 Å². The number of rotatable bonds is 4. The van der Waals surface area contributed by atoms with E-state index >= 15 is 0 Å². The first-order valence-electron chi connectivity index (χ1n) is 7.95. The van der Waals surface area contributed by atoms with Crippen LogP contribution in [0.3, 0.4) is 0 Å². The predicted octanol–water partition coefficient (Wildman–Crippen LogP) is 4.92. The van der Waals surface area contributed by atoms with Crippen LogP contribution in [0, 0.1) is 0 Å². The summed E-state index contributed by atoms with van der Waals surface area (Å²) in [4.78, 5) is 0. The first-order valence-corrected chi connectivity index (χ1v) is 8.74. The summed E-state index contributed by atoms with van der Waals surface area (Å²) in [6, 6.07) is 20.5. The SMILES string of the molecule is COc1ccc2cc(-c3cn(Cc4ccccc4)nn3)ccc2c1Br. The number of ether oxygens (including phenoxy) is 1. The fraction of sp³-hybridized carbons (Fsp3) is 0.100. The van der Waals surface area contributed by atoms with Crippen molar-refractivity contribution in [1.29, 1.82) is 0 Å². The molecule has 4 rings (SSSR count). The van der Waals surface area contributed by atoms with Crippen LogP contribution in [0.25, 0.3) is 22.0 Å². The van der Waals surface area contributed by atoms with Gasteiger partial charge in [0.05, 0.1) is 24.3 Å². The highest BCUT2D eigenvalue weighted by Gasteiger charge is 2.09. The molecule has 0 bridgehead atoms. The zero-order valence-electron chi connectivity index (χ0n) is 13.7. The van der Waals surface area contributed by atoms with E-state index in [1.165, 1.54) is 5.56 Å². The molecular weight excluding hydrogens is 378 g/mol. The lowest BCUT2D eigenvalue weighted by Crippen LogP contribution is -1.99. The average molecular weight is 394 g/mol. The Morgan fingerprint density at radius 3 is 2.68 bits per heavy atom. The highest BCUT2D eigenvalue weighted by Crippen LogP contribution is 2.34. The lowest BCUT2D eigenvalue weighted by atomic mass is 10.1. The molecule has 0 amide bonds. The maximum absolute atomic E-state index is 5.36.